The number of aromatic nitrogens is 1. The van der Waals surface area contributed by atoms with E-state index in [9.17, 15) is 0 Å². The van der Waals surface area contributed by atoms with Crippen molar-refractivity contribution in [3.63, 3.8) is 0 Å². The number of rotatable bonds is 1. The van der Waals surface area contributed by atoms with Gasteiger partial charge in [0, 0.05) is 5.69 Å². The lowest BCUT2D eigenvalue weighted by Gasteiger charge is -1.97. The van der Waals surface area contributed by atoms with E-state index in [1.165, 1.54) is 0 Å². The molecule has 0 aliphatic rings. The van der Waals surface area contributed by atoms with E-state index in [1.807, 2.05) is 6.92 Å². The minimum atomic E-state index is 0.0406. The van der Waals surface area contributed by atoms with Crippen LogP contribution in [-0.2, 0) is 6.42 Å². The van der Waals surface area contributed by atoms with Gasteiger partial charge in [-0.25, -0.2) is 4.98 Å². The molecular weight excluding hydrogens is 150 g/mol. The maximum Gasteiger partial charge on any atom is 0.171 e. The molecule has 0 aromatic carbocycles. The predicted octanol–water partition coefficient (Wildman–Crippen LogP) is 2.00. The molecule has 0 aliphatic carbocycles. The van der Waals surface area contributed by atoms with Crippen LogP contribution in [0.2, 0.25) is 5.15 Å². The van der Waals surface area contributed by atoms with Crippen LogP contribution in [0.5, 0.6) is 5.75 Å². The molecule has 0 aliphatic heterocycles. The monoisotopic (exact) mass is 157 g/mol. The number of nitrogens with zero attached hydrogens (tertiary/aromatic N) is 1. The molecule has 0 bridgehead atoms. The minimum absolute atomic E-state index is 0.0406. The van der Waals surface area contributed by atoms with Crippen LogP contribution >= 0.6 is 11.6 Å². The van der Waals surface area contributed by atoms with Gasteiger partial charge in [0.05, 0.1) is 0 Å². The molecule has 0 saturated heterocycles. The summed E-state index contributed by atoms with van der Waals surface area (Å²) in [6.07, 6.45) is 0.833. The topological polar surface area (TPSA) is 33.1 Å². The van der Waals surface area contributed by atoms with Crippen LogP contribution < -0.4 is 0 Å². The van der Waals surface area contributed by atoms with Crippen molar-refractivity contribution in [2.24, 2.45) is 0 Å². The molecule has 54 valence electrons. The molecule has 0 unspecified atom stereocenters. The largest absolute Gasteiger partial charge is 0.505 e. The van der Waals surface area contributed by atoms with Gasteiger partial charge in [-0.05, 0) is 18.6 Å². The zero-order valence-corrected chi connectivity index (χ0v) is 6.39. The second-order valence-corrected chi connectivity index (χ2v) is 2.32. The van der Waals surface area contributed by atoms with Gasteiger partial charge in [-0.3, -0.25) is 0 Å². The molecule has 0 saturated carbocycles. The summed E-state index contributed by atoms with van der Waals surface area (Å²) in [4.78, 5) is 3.91. The molecule has 0 amide bonds. The van der Waals surface area contributed by atoms with Gasteiger partial charge in [-0.1, -0.05) is 18.5 Å². The Morgan fingerprint density at radius 1 is 1.60 bits per heavy atom. The highest BCUT2D eigenvalue weighted by atomic mass is 35.5. The molecule has 10 heavy (non-hydrogen) atoms. The Labute approximate surface area is 64.5 Å². The molecule has 0 spiro atoms. The summed E-state index contributed by atoms with van der Waals surface area (Å²) in [7, 11) is 0. The maximum absolute atomic E-state index is 8.94. The van der Waals surface area contributed by atoms with Gasteiger partial charge in [-0.2, -0.15) is 0 Å². The van der Waals surface area contributed by atoms with E-state index >= 15 is 0 Å². The summed E-state index contributed by atoms with van der Waals surface area (Å²) in [5, 5.41) is 9.12. The van der Waals surface area contributed by atoms with Gasteiger partial charge in [0.1, 0.15) is 0 Å². The molecule has 1 heterocycles. The van der Waals surface area contributed by atoms with E-state index in [1.54, 1.807) is 12.1 Å². The second kappa shape index (κ2) is 2.88. The van der Waals surface area contributed by atoms with Gasteiger partial charge in [0.2, 0.25) is 0 Å². The minimum Gasteiger partial charge on any atom is -0.505 e. The molecule has 0 radical (unpaired) electrons. The number of aryl methyl sites for hydroxylation is 1. The number of pyridine rings is 1. The standard InChI is InChI=1S/C7H8ClNO/c1-2-5-3-4-6(10)7(8)9-5/h3-4,10H,2H2,1H3. The number of hydrogen-bond acceptors (Lipinski definition) is 2. The summed E-state index contributed by atoms with van der Waals surface area (Å²) >= 11 is 5.53. The van der Waals surface area contributed by atoms with Crippen LogP contribution in [0, 0.1) is 0 Å². The first-order valence-corrected chi connectivity index (χ1v) is 3.46. The Balaban J connectivity index is 3.04. The van der Waals surface area contributed by atoms with Gasteiger partial charge in [0.25, 0.3) is 0 Å². The van der Waals surface area contributed by atoms with Crippen LogP contribution in [0.3, 0.4) is 0 Å². The number of halogens is 1. The first-order chi connectivity index (χ1) is 4.74. The van der Waals surface area contributed by atoms with E-state index in [4.69, 9.17) is 16.7 Å². The number of aromatic hydroxyl groups is 1. The zero-order chi connectivity index (χ0) is 7.56. The van der Waals surface area contributed by atoms with Crippen LogP contribution in [0.1, 0.15) is 12.6 Å². The fourth-order valence-corrected chi connectivity index (χ4v) is 0.833. The van der Waals surface area contributed by atoms with Crippen LogP contribution in [0.4, 0.5) is 0 Å². The fraction of sp³-hybridized carbons (Fsp3) is 0.286. The first-order valence-electron chi connectivity index (χ1n) is 3.08. The third kappa shape index (κ3) is 1.39. The van der Waals surface area contributed by atoms with Crippen molar-refractivity contribution in [2.75, 3.05) is 0 Å². The molecule has 1 rings (SSSR count). The molecule has 3 heteroatoms. The first kappa shape index (κ1) is 7.35. The Morgan fingerprint density at radius 2 is 2.30 bits per heavy atom. The van der Waals surface area contributed by atoms with Gasteiger partial charge in [0.15, 0.2) is 10.9 Å². The van der Waals surface area contributed by atoms with Crippen molar-refractivity contribution in [1.82, 2.24) is 4.98 Å². The van der Waals surface area contributed by atoms with Crippen molar-refractivity contribution in [3.05, 3.63) is 23.0 Å². The predicted molar refractivity (Wildman–Crippen MR) is 40.3 cm³/mol. The second-order valence-electron chi connectivity index (χ2n) is 1.97. The lowest BCUT2D eigenvalue weighted by molar-refractivity contribution is 0.472. The lowest BCUT2D eigenvalue weighted by atomic mass is 10.3. The molecule has 0 fully saturated rings. The Kier molecular flexibility index (Phi) is 2.12. The highest BCUT2D eigenvalue weighted by Gasteiger charge is 1.98. The van der Waals surface area contributed by atoms with Crippen molar-refractivity contribution < 1.29 is 5.11 Å². The van der Waals surface area contributed by atoms with Crippen LogP contribution in [0.15, 0.2) is 12.1 Å². The Morgan fingerprint density at radius 3 is 2.80 bits per heavy atom. The molecule has 1 aromatic rings. The lowest BCUT2D eigenvalue weighted by Crippen LogP contribution is -1.85. The summed E-state index contributed by atoms with van der Waals surface area (Å²) < 4.78 is 0. The third-order valence-corrected chi connectivity index (χ3v) is 1.53. The third-order valence-electron chi connectivity index (χ3n) is 1.25. The smallest absolute Gasteiger partial charge is 0.171 e. The van der Waals surface area contributed by atoms with Crippen LogP contribution in [-0.4, -0.2) is 10.1 Å². The van der Waals surface area contributed by atoms with Crippen molar-refractivity contribution in [1.29, 1.82) is 0 Å². The quantitative estimate of drug-likeness (QED) is 0.633. The fourth-order valence-electron chi connectivity index (χ4n) is 0.661. The average Bonchev–Trinajstić information content (AvgIpc) is 1.95. The van der Waals surface area contributed by atoms with E-state index in [0.717, 1.165) is 12.1 Å². The molecular formula is C7H8ClNO. The normalized spacial score (nSPS) is 9.80. The Hall–Kier alpha value is -0.760. The van der Waals surface area contributed by atoms with Crippen molar-refractivity contribution in [2.45, 2.75) is 13.3 Å². The summed E-state index contributed by atoms with van der Waals surface area (Å²) in [5.41, 5.74) is 0.891. The van der Waals surface area contributed by atoms with Crippen molar-refractivity contribution >= 4 is 11.6 Å². The number of hydrogen-bond donors (Lipinski definition) is 1. The highest BCUT2D eigenvalue weighted by molar-refractivity contribution is 6.30. The van der Waals surface area contributed by atoms with Gasteiger partial charge in [-0.15, -0.1) is 0 Å². The Bertz CT molecular complexity index is 237. The molecule has 0 atom stereocenters. The maximum atomic E-state index is 8.94. The van der Waals surface area contributed by atoms with Gasteiger partial charge >= 0.3 is 0 Å². The van der Waals surface area contributed by atoms with E-state index < -0.39 is 0 Å². The summed E-state index contributed by atoms with van der Waals surface area (Å²) in [6.45, 7) is 1.98. The summed E-state index contributed by atoms with van der Waals surface area (Å²) in [5.74, 6) is 0.0406. The highest BCUT2D eigenvalue weighted by Crippen LogP contribution is 2.19. The van der Waals surface area contributed by atoms with E-state index in [0.29, 0.717) is 0 Å². The van der Waals surface area contributed by atoms with Crippen molar-refractivity contribution in [3.8, 4) is 5.75 Å². The molecule has 2 nitrogen and oxygen atoms in total. The van der Waals surface area contributed by atoms with Crippen LogP contribution in [0.25, 0.3) is 0 Å². The molecule has 1 aromatic heterocycles. The summed E-state index contributed by atoms with van der Waals surface area (Å²) in [6, 6.07) is 3.30. The van der Waals surface area contributed by atoms with E-state index in [2.05, 4.69) is 4.98 Å². The van der Waals surface area contributed by atoms with E-state index in [-0.39, 0.29) is 10.9 Å². The zero-order valence-electron chi connectivity index (χ0n) is 5.63. The van der Waals surface area contributed by atoms with Gasteiger partial charge < -0.3 is 5.11 Å². The average molecular weight is 158 g/mol. The SMILES string of the molecule is CCc1ccc(O)c(Cl)n1. The molecule has 1 N–H and O–H groups in total.